The molecule has 0 aliphatic carbocycles. The van der Waals surface area contributed by atoms with Crippen molar-refractivity contribution in [3.63, 3.8) is 0 Å². The van der Waals surface area contributed by atoms with Gasteiger partial charge >= 0.3 is 0 Å². The van der Waals surface area contributed by atoms with E-state index in [1.807, 2.05) is 0 Å². The molecule has 9 heteroatoms. The number of benzene rings is 3. The highest BCUT2D eigenvalue weighted by Gasteiger charge is 2.18. The first-order chi connectivity index (χ1) is 13.3. The van der Waals surface area contributed by atoms with Crippen LogP contribution < -0.4 is 10.0 Å². The van der Waals surface area contributed by atoms with Crippen LogP contribution in [-0.4, -0.2) is 14.3 Å². The summed E-state index contributed by atoms with van der Waals surface area (Å²) >= 11 is 11.7. The van der Waals surface area contributed by atoms with Crippen LogP contribution in [0.25, 0.3) is 0 Å². The summed E-state index contributed by atoms with van der Waals surface area (Å²) in [5.74, 6) is -1.52. The van der Waals surface area contributed by atoms with Crippen molar-refractivity contribution in [2.45, 2.75) is 4.90 Å². The molecule has 0 aromatic heterocycles. The van der Waals surface area contributed by atoms with Gasteiger partial charge in [-0.05, 0) is 54.6 Å². The highest BCUT2D eigenvalue weighted by molar-refractivity contribution is 7.92. The number of nitrogens with one attached hydrogen (secondary N) is 2. The van der Waals surface area contributed by atoms with Crippen molar-refractivity contribution in [3.05, 3.63) is 88.2 Å². The summed E-state index contributed by atoms with van der Waals surface area (Å²) < 4.78 is 41.6. The van der Waals surface area contributed by atoms with Crippen LogP contribution in [0, 0.1) is 5.82 Å². The monoisotopic (exact) mass is 438 g/mol. The third-order valence-electron chi connectivity index (χ3n) is 3.71. The van der Waals surface area contributed by atoms with Crippen molar-refractivity contribution in [2.75, 3.05) is 10.0 Å². The standard InChI is InChI=1S/C19H13Cl2FN2O3S/c20-12-5-7-13(8-6-12)24-28(26,27)14-9-10-18(17(22)11-14)23-19(25)15-3-1-2-4-16(15)21/h1-11,24H,(H,23,25). The largest absolute Gasteiger partial charge is 0.319 e. The molecule has 0 fully saturated rings. The number of anilines is 2. The first-order valence-electron chi connectivity index (χ1n) is 7.90. The molecule has 0 radical (unpaired) electrons. The second kappa shape index (κ2) is 8.18. The molecule has 0 aliphatic heterocycles. The Bertz CT molecular complexity index is 1140. The zero-order chi connectivity index (χ0) is 20.3. The Hall–Kier alpha value is -2.61. The molecule has 3 rings (SSSR count). The molecule has 0 saturated heterocycles. The SMILES string of the molecule is O=C(Nc1ccc(S(=O)(=O)Nc2ccc(Cl)cc2)cc1F)c1ccccc1Cl. The summed E-state index contributed by atoms with van der Waals surface area (Å²) in [6.07, 6.45) is 0. The van der Waals surface area contributed by atoms with Crippen LogP contribution in [0.4, 0.5) is 15.8 Å². The Morgan fingerprint density at radius 3 is 2.25 bits per heavy atom. The molecule has 0 atom stereocenters. The third kappa shape index (κ3) is 4.62. The fourth-order valence-corrected chi connectivity index (χ4v) is 3.75. The van der Waals surface area contributed by atoms with E-state index in [0.717, 1.165) is 6.07 Å². The molecule has 0 heterocycles. The Morgan fingerprint density at radius 1 is 0.929 bits per heavy atom. The van der Waals surface area contributed by atoms with E-state index in [2.05, 4.69) is 10.0 Å². The van der Waals surface area contributed by atoms with Gasteiger partial charge in [0.25, 0.3) is 15.9 Å². The first kappa shape index (κ1) is 20.1. The number of carbonyl (C=O) groups excluding carboxylic acids is 1. The normalized spacial score (nSPS) is 11.1. The number of sulfonamides is 1. The fourth-order valence-electron chi connectivity index (χ4n) is 2.33. The second-order valence-corrected chi connectivity index (χ2v) is 8.21. The van der Waals surface area contributed by atoms with Gasteiger partial charge in [0.2, 0.25) is 0 Å². The summed E-state index contributed by atoms with van der Waals surface area (Å²) in [5.41, 5.74) is 0.279. The Balaban J connectivity index is 1.80. The van der Waals surface area contributed by atoms with Gasteiger partial charge in [0.1, 0.15) is 5.82 Å². The molecular weight excluding hydrogens is 426 g/mol. The average molecular weight is 439 g/mol. The van der Waals surface area contributed by atoms with Gasteiger partial charge in [-0.1, -0.05) is 35.3 Å². The lowest BCUT2D eigenvalue weighted by molar-refractivity contribution is 0.102. The number of rotatable bonds is 5. The number of carbonyl (C=O) groups is 1. The van der Waals surface area contributed by atoms with Crippen LogP contribution in [0.2, 0.25) is 10.0 Å². The van der Waals surface area contributed by atoms with E-state index in [4.69, 9.17) is 23.2 Å². The lowest BCUT2D eigenvalue weighted by atomic mass is 10.2. The molecular formula is C19H13Cl2FN2O3S. The van der Waals surface area contributed by atoms with E-state index in [9.17, 15) is 17.6 Å². The predicted octanol–water partition coefficient (Wildman–Crippen LogP) is 5.19. The summed E-state index contributed by atoms with van der Waals surface area (Å²) in [4.78, 5) is 11.9. The van der Waals surface area contributed by atoms with Crippen molar-refractivity contribution in [1.82, 2.24) is 0 Å². The lowest BCUT2D eigenvalue weighted by Crippen LogP contribution is -2.15. The summed E-state index contributed by atoms with van der Waals surface area (Å²) in [5, 5.41) is 3.04. The van der Waals surface area contributed by atoms with Crippen LogP contribution >= 0.6 is 23.2 Å². The van der Waals surface area contributed by atoms with Gasteiger partial charge in [0.15, 0.2) is 0 Å². The van der Waals surface area contributed by atoms with Crippen molar-refractivity contribution in [3.8, 4) is 0 Å². The minimum Gasteiger partial charge on any atom is -0.319 e. The smallest absolute Gasteiger partial charge is 0.261 e. The quantitative estimate of drug-likeness (QED) is 0.575. The second-order valence-electron chi connectivity index (χ2n) is 5.69. The maximum atomic E-state index is 14.4. The highest BCUT2D eigenvalue weighted by atomic mass is 35.5. The number of amides is 1. The van der Waals surface area contributed by atoms with Gasteiger partial charge in [-0.2, -0.15) is 0 Å². The van der Waals surface area contributed by atoms with Crippen molar-refractivity contribution in [2.24, 2.45) is 0 Å². The van der Waals surface area contributed by atoms with Gasteiger partial charge < -0.3 is 5.32 Å². The predicted molar refractivity (Wildman–Crippen MR) is 108 cm³/mol. The minimum absolute atomic E-state index is 0.171. The van der Waals surface area contributed by atoms with Crippen LogP contribution in [-0.2, 0) is 10.0 Å². The summed E-state index contributed by atoms with van der Waals surface area (Å²) in [6.45, 7) is 0. The topological polar surface area (TPSA) is 75.3 Å². The molecule has 0 saturated carbocycles. The molecule has 3 aromatic carbocycles. The molecule has 1 amide bonds. The average Bonchev–Trinajstić information content (AvgIpc) is 2.65. The van der Waals surface area contributed by atoms with E-state index in [1.54, 1.807) is 12.1 Å². The van der Waals surface area contributed by atoms with Gasteiger partial charge in [-0.25, -0.2) is 12.8 Å². The lowest BCUT2D eigenvalue weighted by Gasteiger charge is -2.11. The van der Waals surface area contributed by atoms with Crippen LogP contribution in [0.15, 0.2) is 71.6 Å². The molecule has 0 aliphatic rings. The number of halogens is 3. The van der Waals surface area contributed by atoms with Gasteiger partial charge in [-0.15, -0.1) is 0 Å². The van der Waals surface area contributed by atoms with Crippen LogP contribution in [0.5, 0.6) is 0 Å². The van der Waals surface area contributed by atoms with Crippen LogP contribution in [0.1, 0.15) is 10.4 Å². The van der Waals surface area contributed by atoms with Crippen molar-refractivity contribution >= 4 is 50.5 Å². The van der Waals surface area contributed by atoms with E-state index < -0.39 is 21.7 Å². The van der Waals surface area contributed by atoms with E-state index in [0.29, 0.717) is 5.02 Å². The van der Waals surface area contributed by atoms with Crippen molar-refractivity contribution in [1.29, 1.82) is 0 Å². The number of hydrogen-bond acceptors (Lipinski definition) is 3. The molecule has 28 heavy (non-hydrogen) atoms. The van der Waals surface area contributed by atoms with Crippen molar-refractivity contribution < 1.29 is 17.6 Å². The summed E-state index contributed by atoms with van der Waals surface area (Å²) in [6, 6.07) is 15.5. The Kier molecular flexibility index (Phi) is 5.88. The number of hydrogen-bond donors (Lipinski definition) is 2. The molecule has 5 nitrogen and oxygen atoms in total. The third-order valence-corrected chi connectivity index (χ3v) is 5.67. The minimum atomic E-state index is -4.02. The molecule has 144 valence electrons. The highest BCUT2D eigenvalue weighted by Crippen LogP contribution is 2.23. The molecule has 0 unspecified atom stereocenters. The maximum Gasteiger partial charge on any atom is 0.261 e. The van der Waals surface area contributed by atoms with E-state index in [-0.39, 0.29) is 26.9 Å². The van der Waals surface area contributed by atoms with E-state index >= 15 is 0 Å². The zero-order valence-electron chi connectivity index (χ0n) is 14.1. The van der Waals surface area contributed by atoms with Gasteiger partial charge in [-0.3, -0.25) is 9.52 Å². The van der Waals surface area contributed by atoms with Gasteiger partial charge in [0, 0.05) is 10.7 Å². The first-order valence-corrected chi connectivity index (χ1v) is 10.1. The zero-order valence-corrected chi connectivity index (χ0v) is 16.4. The summed E-state index contributed by atoms with van der Waals surface area (Å²) in [7, 11) is -4.02. The molecule has 0 bridgehead atoms. The Morgan fingerprint density at radius 2 is 1.61 bits per heavy atom. The Labute approximate surface area is 171 Å². The molecule has 2 N–H and O–H groups in total. The van der Waals surface area contributed by atoms with Crippen LogP contribution in [0.3, 0.4) is 0 Å². The van der Waals surface area contributed by atoms with Gasteiger partial charge in [0.05, 0.1) is 21.2 Å². The van der Waals surface area contributed by atoms with E-state index in [1.165, 1.54) is 48.5 Å². The maximum absolute atomic E-state index is 14.4. The molecule has 3 aromatic rings. The molecule has 0 spiro atoms. The fraction of sp³-hybridized carbons (Fsp3) is 0.